The molecule has 0 atom stereocenters. The molecule has 2 N–H and O–H groups in total. The van der Waals surface area contributed by atoms with Crippen molar-refractivity contribution in [1.82, 2.24) is 15.1 Å². The van der Waals surface area contributed by atoms with Gasteiger partial charge in [-0.05, 0) is 12.1 Å². The molecule has 2 aromatic heterocycles. The summed E-state index contributed by atoms with van der Waals surface area (Å²) in [5.41, 5.74) is 6.83. The van der Waals surface area contributed by atoms with Crippen LogP contribution in [0.15, 0.2) is 22.9 Å². The van der Waals surface area contributed by atoms with Crippen LogP contribution in [-0.4, -0.2) is 29.8 Å². The molecule has 2 rings (SSSR count). The Labute approximate surface area is 104 Å². The molecule has 0 aliphatic rings. The van der Waals surface area contributed by atoms with E-state index in [0.717, 1.165) is 6.26 Å². The van der Waals surface area contributed by atoms with Gasteiger partial charge in [0.05, 0.1) is 5.69 Å². The van der Waals surface area contributed by atoms with Gasteiger partial charge in [0.15, 0.2) is 15.7 Å². The van der Waals surface area contributed by atoms with E-state index in [1.807, 2.05) is 0 Å². The lowest BCUT2D eigenvalue weighted by atomic mass is 10.2. The Morgan fingerprint density at radius 1 is 1.44 bits per heavy atom. The number of nitrogens with two attached hydrogens (primary N) is 1. The van der Waals surface area contributed by atoms with Crippen LogP contribution in [0.4, 0.5) is 0 Å². The van der Waals surface area contributed by atoms with E-state index in [1.54, 1.807) is 18.3 Å². The molecule has 0 aromatic carbocycles. The Morgan fingerprint density at radius 3 is 2.89 bits per heavy atom. The molecule has 2 heterocycles. The monoisotopic (exact) mass is 268 g/mol. The molecule has 8 heteroatoms. The van der Waals surface area contributed by atoms with Crippen LogP contribution in [0.3, 0.4) is 0 Å². The van der Waals surface area contributed by atoms with Crippen molar-refractivity contribution < 1.29 is 12.9 Å². The van der Waals surface area contributed by atoms with Crippen LogP contribution in [-0.2, 0) is 22.1 Å². The van der Waals surface area contributed by atoms with Crippen LogP contribution in [0.5, 0.6) is 0 Å². The summed E-state index contributed by atoms with van der Waals surface area (Å²) in [5.74, 6) is 0.148. The molecular weight excluding hydrogens is 256 g/mol. The second-order valence-corrected chi connectivity index (χ2v) is 5.97. The molecule has 0 amide bonds. The SMILES string of the molecule is CS(=O)(=O)Cc1noc(-c2ccnc(CN)c2)n1. The van der Waals surface area contributed by atoms with Gasteiger partial charge in [-0.25, -0.2) is 8.42 Å². The van der Waals surface area contributed by atoms with E-state index in [9.17, 15) is 8.42 Å². The third kappa shape index (κ3) is 3.11. The first-order chi connectivity index (χ1) is 8.48. The van der Waals surface area contributed by atoms with Crippen LogP contribution in [0.1, 0.15) is 11.5 Å². The van der Waals surface area contributed by atoms with Crippen molar-refractivity contribution in [2.45, 2.75) is 12.3 Å². The molecule has 0 saturated heterocycles. The summed E-state index contributed by atoms with van der Waals surface area (Å²) in [7, 11) is -3.18. The minimum absolute atomic E-state index is 0.138. The average Bonchev–Trinajstić information content (AvgIpc) is 2.75. The van der Waals surface area contributed by atoms with Crippen molar-refractivity contribution in [3.63, 3.8) is 0 Å². The molecule has 18 heavy (non-hydrogen) atoms. The fourth-order valence-corrected chi connectivity index (χ4v) is 1.97. The quantitative estimate of drug-likeness (QED) is 0.838. The maximum Gasteiger partial charge on any atom is 0.258 e. The number of sulfone groups is 1. The smallest absolute Gasteiger partial charge is 0.258 e. The van der Waals surface area contributed by atoms with Crippen molar-refractivity contribution in [1.29, 1.82) is 0 Å². The molecule has 0 radical (unpaired) electrons. The highest BCUT2D eigenvalue weighted by Gasteiger charge is 2.13. The van der Waals surface area contributed by atoms with E-state index < -0.39 is 9.84 Å². The van der Waals surface area contributed by atoms with Crippen LogP contribution >= 0.6 is 0 Å². The summed E-state index contributed by atoms with van der Waals surface area (Å²) in [4.78, 5) is 8.05. The lowest BCUT2D eigenvalue weighted by Gasteiger charge is -1.97. The Hall–Kier alpha value is -1.80. The molecular formula is C10H12N4O3S. The molecule has 0 unspecified atom stereocenters. The highest BCUT2D eigenvalue weighted by Crippen LogP contribution is 2.17. The number of nitrogens with zero attached hydrogens (tertiary/aromatic N) is 3. The molecule has 2 aromatic rings. The summed E-state index contributed by atoms with van der Waals surface area (Å²) in [6, 6.07) is 3.41. The maximum atomic E-state index is 11.1. The number of pyridine rings is 1. The summed E-state index contributed by atoms with van der Waals surface area (Å²) in [6.45, 7) is 0.304. The van der Waals surface area contributed by atoms with Crippen molar-refractivity contribution in [2.24, 2.45) is 5.73 Å². The zero-order chi connectivity index (χ0) is 13.2. The van der Waals surface area contributed by atoms with E-state index in [4.69, 9.17) is 10.3 Å². The van der Waals surface area contributed by atoms with E-state index in [0.29, 0.717) is 17.8 Å². The predicted molar refractivity (Wildman–Crippen MR) is 64.0 cm³/mol. The maximum absolute atomic E-state index is 11.1. The Morgan fingerprint density at radius 2 is 2.22 bits per heavy atom. The predicted octanol–water partition coefficient (Wildman–Crippen LogP) is 0.135. The van der Waals surface area contributed by atoms with Crippen molar-refractivity contribution in [2.75, 3.05) is 6.26 Å². The molecule has 0 spiro atoms. The van der Waals surface area contributed by atoms with Crippen LogP contribution in [0.2, 0.25) is 0 Å². The fourth-order valence-electron chi connectivity index (χ4n) is 1.39. The highest BCUT2D eigenvalue weighted by molar-refractivity contribution is 7.89. The molecule has 7 nitrogen and oxygen atoms in total. The van der Waals surface area contributed by atoms with Gasteiger partial charge in [-0.1, -0.05) is 5.16 Å². The minimum atomic E-state index is -3.18. The topological polar surface area (TPSA) is 112 Å². The average molecular weight is 268 g/mol. The molecule has 0 aliphatic heterocycles. The zero-order valence-corrected chi connectivity index (χ0v) is 10.5. The first-order valence-electron chi connectivity index (χ1n) is 5.13. The van der Waals surface area contributed by atoms with E-state index in [2.05, 4.69) is 15.1 Å². The number of hydrogen-bond acceptors (Lipinski definition) is 7. The lowest BCUT2D eigenvalue weighted by molar-refractivity contribution is 0.424. The molecule has 0 saturated carbocycles. The molecule has 0 aliphatic carbocycles. The van der Waals surface area contributed by atoms with E-state index in [-0.39, 0.29) is 17.5 Å². The van der Waals surface area contributed by atoms with Crippen molar-refractivity contribution in [3.8, 4) is 11.5 Å². The normalized spacial score (nSPS) is 11.7. The second-order valence-electron chi connectivity index (χ2n) is 3.83. The zero-order valence-electron chi connectivity index (χ0n) is 9.70. The summed E-state index contributed by atoms with van der Waals surface area (Å²) in [5, 5.41) is 3.62. The highest BCUT2D eigenvalue weighted by atomic mass is 32.2. The summed E-state index contributed by atoms with van der Waals surface area (Å²) < 4.78 is 27.2. The van der Waals surface area contributed by atoms with Gasteiger partial charge in [0.25, 0.3) is 5.89 Å². The third-order valence-electron chi connectivity index (χ3n) is 2.13. The molecule has 0 bridgehead atoms. The fraction of sp³-hybridized carbons (Fsp3) is 0.300. The van der Waals surface area contributed by atoms with Crippen LogP contribution in [0, 0.1) is 0 Å². The van der Waals surface area contributed by atoms with Crippen LogP contribution < -0.4 is 5.73 Å². The van der Waals surface area contributed by atoms with Crippen molar-refractivity contribution in [3.05, 3.63) is 29.8 Å². The minimum Gasteiger partial charge on any atom is -0.334 e. The summed E-state index contributed by atoms with van der Waals surface area (Å²) in [6.07, 6.45) is 2.69. The molecule has 96 valence electrons. The Bertz CT molecular complexity index is 651. The Balaban J connectivity index is 2.29. The van der Waals surface area contributed by atoms with Gasteiger partial charge in [-0.2, -0.15) is 4.98 Å². The number of rotatable bonds is 4. The first-order valence-corrected chi connectivity index (χ1v) is 7.19. The van der Waals surface area contributed by atoms with Gasteiger partial charge in [0.2, 0.25) is 0 Å². The first kappa shape index (κ1) is 12.7. The number of aromatic nitrogens is 3. The largest absolute Gasteiger partial charge is 0.334 e. The van der Waals surface area contributed by atoms with Gasteiger partial charge >= 0.3 is 0 Å². The van der Waals surface area contributed by atoms with Gasteiger partial charge in [0, 0.05) is 24.6 Å². The van der Waals surface area contributed by atoms with Gasteiger partial charge in [-0.15, -0.1) is 0 Å². The lowest BCUT2D eigenvalue weighted by Crippen LogP contribution is -2.02. The molecule has 0 fully saturated rings. The second kappa shape index (κ2) is 4.83. The number of hydrogen-bond donors (Lipinski definition) is 1. The van der Waals surface area contributed by atoms with Crippen LogP contribution in [0.25, 0.3) is 11.5 Å². The van der Waals surface area contributed by atoms with E-state index in [1.165, 1.54) is 0 Å². The van der Waals surface area contributed by atoms with Gasteiger partial charge < -0.3 is 10.3 Å². The third-order valence-corrected chi connectivity index (χ3v) is 2.91. The Kier molecular flexibility index (Phi) is 3.39. The van der Waals surface area contributed by atoms with Crippen molar-refractivity contribution >= 4 is 9.84 Å². The van der Waals surface area contributed by atoms with Gasteiger partial charge in [0.1, 0.15) is 5.75 Å². The van der Waals surface area contributed by atoms with E-state index >= 15 is 0 Å². The summed E-state index contributed by atoms with van der Waals surface area (Å²) >= 11 is 0. The standard InChI is InChI=1S/C10H12N4O3S/c1-18(15,16)6-9-13-10(17-14-9)7-2-3-12-8(4-7)5-11/h2-4H,5-6,11H2,1H3. The van der Waals surface area contributed by atoms with Gasteiger partial charge in [-0.3, -0.25) is 4.98 Å².